The third-order valence-corrected chi connectivity index (χ3v) is 8.58. The molecule has 0 fully saturated rings. The van der Waals surface area contributed by atoms with Crippen LogP contribution in [-0.2, 0) is 0 Å². The van der Waals surface area contributed by atoms with Crippen molar-refractivity contribution in [3.05, 3.63) is 199 Å². The average Bonchev–Trinajstić information content (AvgIpc) is 3.11. The topological polar surface area (TPSA) is 9.72 Å². The summed E-state index contributed by atoms with van der Waals surface area (Å²) in [6.07, 6.45) is 0. The van der Waals surface area contributed by atoms with Crippen molar-refractivity contribution in [3.63, 3.8) is 0 Å². The van der Waals surface area contributed by atoms with Crippen LogP contribution in [-0.4, -0.2) is 0 Å². The third kappa shape index (κ3) is 6.44. The maximum atomic E-state index is 2.38. The molecule has 0 amide bonds. The van der Waals surface area contributed by atoms with E-state index in [1.165, 1.54) is 16.7 Å². The van der Waals surface area contributed by atoms with Crippen LogP contribution in [0.5, 0.6) is 0 Å². The molecule has 234 valence electrons. The second kappa shape index (κ2) is 13.7. The van der Waals surface area contributed by atoms with E-state index in [4.69, 9.17) is 0 Å². The highest BCUT2D eigenvalue weighted by atomic mass is 15.2. The quantitative estimate of drug-likeness (QED) is 0.159. The van der Waals surface area contributed by atoms with Gasteiger partial charge in [-0.2, -0.15) is 0 Å². The van der Waals surface area contributed by atoms with Gasteiger partial charge in [0.1, 0.15) is 0 Å². The average molecular weight is 622 g/mol. The lowest BCUT2D eigenvalue weighted by molar-refractivity contribution is 1.21. The molecule has 0 atom stereocenters. The number of rotatable bonds is 9. The molecule has 7 rings (SSSR count). The molecule has 0 N–H and O–H groups in total. The van der Waals surface area contributed by atoms with Gasteiger partial charge in [-0.25, -0.2) is 0 Å². The van der Waals surface area contributed by atoms with Crippen LogP contribution >= 0.6 is 0 Å². The van der Waals surface area contributed by atoms with Gasteiger partial charge in [0.25, 0.3) is 0 Å². The Hall–Kier alpha value is -6.06. The van der Waals surface area contributed by atoms with Gasteiger partial charge in [0.15, 0.2) is 0 Å². The van der Waals surface area contributed by atoms with Gasteiger partial charge >= 0.3 is 0 Å². The highest BCUT2D eigenvalue weighted by Crippen LogP contribution is 2.46. The van der Waals surface area contributed by atoms with E-state index in [-0.39, 0.29) is 0 Å². The summed E-state index contributed by atoms with van der Waals surface area (Å²) in [7, 11) is 0. The zero-order valence-electron chi connectivity index (χ0n) is 27.7. The van der Waals surface area contributed by atoms with Gasteiger partial charge in [0.05, 0.1) is 17.1 Å². The number of para-hydroxylation sites is 4. The van der Waals surface area contributed by atoms with Crippen molar-refractivity contribution in [2.45, 2.75) is 20.8 Å². The van der Waals surface area contributed by atoms with Crippen molar-refractivity contribution < 1.29 is 0 Å². The zero-order chi connectivity index (χ0) is 32.9. The molecule has 7 aromatic carbocycles. The minimum atomic E-state index is 1.06. The fourth-order valence-corrected chi connectivity index (χ4v) is 6.37. The second-order valence-electron chi connectivity index (χ2n) is 12.2. The van der Waals surface area contributed by atoms with E-state index < -0.39 is 0 Å². The highest BCUT2D eigenvalue weighted by Gasteiger charge is 2.22. The van der Waals surface area contributed by atoms with Gasteiger partial charge in [-0.05, 0) is 122 Å². The number of anilines is 9. The summed E-state index contributed by atoms with van der Waals surface area (Å²) in [5.41, 5.74) is 13.4. The first-order valence-electron chi connectivity index (χ1n) is 16.4. The van der Waals surface area contributed by atoms with Crippen molar-refractivity contribution in [1.82, 2.24) is 0 Å². The maximum Gasteiger partial charge on any atom is 0.0503 e. The number of hydrogen-bond acceptors (Lipinski definition) is 3. The molecule has 0 radical (unpaired) electrons. The maximum absolute atomic E-state index is 2.38. The molecular formula is C45H39N3. The summed E-state index contributed by atoms with van der Waals surface area (Å²) in [5, 5.41) is 0. The summed E-state index contributed by atoms with van der Waals surface area (Å²) >= 11 is 0. The first-order chi connectivity index (χ1) is 23.5. The van der Waals surface area contributed by atoms with Crippen LogP contribution in [0.15, 0.2) is 182 Å². The van der Waals surface area contributed by atoms with Crippen LogP contribution in [0.25, 0.3) is 0 Å². The molecule has 3 nitrogen and oxygen atoms in total. The fraction of sp³-hybridized carbons (Fsp3) is 0.0667. The number of hydrogen-bond donors (Lipinski definition) is 0. The Kier molecular flexibility index (Phi) is 8.76. The largest absolute Gasteiger partial charge is 0.310 e. The Morgan fingerprint density at radius 1 is 0.271 bits per heavy atom. The molecular weight excluding hydrogens is 583 g/mol. The molecule has 0 saturated carbocycles. The van der Waals surface area contributed by atoms with Crippen molar-refractivity contribution in [1.29, 1.82) is 0 Å². The van der Waals surface area contributed by atoms with Crippen LogP contribution in [0.4, 0.5) is 51.2 Å². The fourth-order valence-electron chi connectivity index (χ4n) is 6.37. The highest BCUT2D eigenvalue weighted by molar-refractivity contribution is 5.89. The van der Waals surface area contributed by atoms with Crippen molar-refractivity contribution in [2.24, 2.45) is 0 Å². The van der Waals surface area contributed by atoms with Crippen LogP contribution in [0.1, 0.15) is 16.7 Å². The molecule has 0 aliphatic carbocycles. The summed E-state index contributed by atoms with van der Waals surface area (Å²) in [5.74, 6) is 0. The summed E-state index contributed by atoms with van der Waals surface area (Å²) in [4.78, 5) is 7.10. The van der Waals surface area contributed by atoms with E-state index in [9.17, 15) is 0 Å². The number of benzene rings is 7. The molecule has 0 saturated heterocycles. The van der Waals surface area contributed by atoms with Gasteiger partial charge in [0.2, 0.25) is 0 Å². The predicted octanol–water partition coefficient (Wildman–Crippen LogP) is 13.0. The summed E-state index contributed by atoms with van der Waals surface area (Å²) < 4.78 is 0. The van der Waals surface area contributed by atoms with Crippen molar-refractivity contribution in [3.8, 4) is 0 Å². The Balaban J connectivity index is 1.55. The standard InChI is InChI=1S/C45H39N3/c1-34-17-15-26-40(29-34)46(37-20-7-4-8-21-37)42-31-43(47(38-22-9-5-10-23-38)41-27-16-18-35(2)30-41)33-44(32-42)48(39-24-11-6-12-25-39)45-28-14-13-19-36(45)3/h4-33H,1-3H3. The van der Waals surface area contributed by atoms with Crippen LogP contribution in [0.2, 0.25) is 0 Å². The zero-order valence-corrected chi connectivity index (χ0v) is 27.7. The van der Waals surface area contributed by atoms with Gasteiger partial charge in [-0.3, -0.25) is 0 Å². The van der Waals surface area contributed by atoms with E-state index in [1.807, 2.05) is 0 Å². The third-order valence-electron chi connectivity index (χ3n) is 8.58. The summed E-state index contributed by atoms with van der Waals surface area (Å²) in [6, 6.07) is 65.0. The van der Waals surface area contributed by atoms with E-state index in [1.54, 1.807) is 0 Å². The van der Waals surface area contributed by atoms with Crippen molar-refractivity contribution >= 4 is 51.2 Å². The molecule has 0 aliphatic heterocycles. The van der Waals surface area contributed by atoms with Crippen molar-refractivity contribution in [2.75, 3.05) is 14.7 Å². The summed E-state index contributed by atoms with van der Waals surface area (Å²) in [6.45, 7) is 6.49. The van der Waals surface area contributed by atoms with Gasteiger partial charge in [-0.15, -0.1) is 0 Å². The Morgan fingerprint density at radius 3 is 1.04 bits per heavy atom. The van der Waals surface area contributed by atoms with E-state index in [2.05, 4.69) is 217 Å². The molecule has 7 aromatic rings. The molecule has 0 bridgehead atoms. The molecule has 3 heteroatoms. The second-order valence-corrected chi connectivity index (χ2v) is 12.2. The molecule has 0 unspecified atom stereocenters. The molecule has 0 spiro atoms. The number of aryl methyl sites for hydroxylation is 3. The SMILES string of the molecule is Cc1cccc(N(c2ccccc2)c2cc(N(c3ccccc3)c3cccc(C)c3)cc(N(c3ccccc3)c3ccccc3C)c2)c1. The van der Waals surface area contributed by atoms with Gasteiger partial charge in [-0.1, -0.05) is 97.1 Å². The van der Waals surface area contributed by atoms with E-state index >= 15 is 0 Å². The Labute approximate surface area is 284 Å². The molecule has 0 aromatic heterocycles. The van der Waals surface area contributed by atoms with E-state index in [0.29, 0.717) is 0 Å². The van der Waals surface area contributed by atoms with Crippen LogP contribution in [0.3, 0.4) is 0 Å². The van der Waals surface area contributed by atoms with Crippen LogP contribution in [0, 0.1) is 20.8 Å². The molecule has 0 aliphatic rings. The lowest BCUT2D eigenvalue weighted by Gasteiger charge is -2.33. The first-order valence-corrected chi connectivity index (χ1v) is 16.4. The van der Waals surface area contributed by atoms with Crippen LogP contribution < -0.4 is 14.7 Å². The van der Waals surface area contributed by atoms with Gasteiger partial charge in [0, 0.05) is 34.1 Å². The number of nitrogens with zero attached hydrogens (tertiary/aromatic N) is 3. The Bertz CT molecular complexity index is 2020. The predicted molar refractivity (Wildman–Crippen MR) is 205 cm³/mol. The molecule has 0 heterocycles. The minimum Gasteiger partial charge on any atom is -0.310 e. The lowest BCUT2D eigenvalue weighted by atomic mass is 10.1. The van der Waals surface area contributed by atoms with Gasteiger partial charge < -0.3 is 14.7 Å². The lowest BCUT2D eigenvalue weighted by Crippen LogP contribution is -2.16. The molecule has 48 heavy (non-hydrogen) atoms. The normalized spacial score (nSPS) is 10.8. The minimum absolute atomic E-state index is 1.06. The smallest absolute Gasteiger partial charge is 0.0503 e. The first kappa shape index (κ1) is 30.6. The Morgan fingerprint density at radius 2 is 0.625 bits per heavy atom. The van der Waals surface area contributed by atoms with E-state index in [0.717, 1.165) is 51.2 Å². The monoisotopic (exact) mass is 621 g/mol.